The van der Waals surface area contributed by atoms with E-state index in [0.717, 1.165) is 35.2 Å². The first kappa shape index (κ1) is 24.7. The van der Waals surface area contributed by atoms with Gasteiger partial charge >= 0.3 is 0 Å². The quantitative estimate of drug-likeness (QED) is 0.140. The first-order valence-electron chi connectivity index (χ1n) is 12.3. The third-order valence-corrected chi connectivity index (χ3v) is 7.70. The van der Waals surface area contributed by atoms with Crippen molar-refractivity contribution >= 4 is 46.3 Å². The van der Waals surface area contributed by atoms with E-state index < -0.39 is 0 Å². The second kappa shape index (κ2) is 10.9. The van der Waals surface area contributed by atoms with Gasteiger partial charge in [0, 0.05) is 22.7 Å². The Balaban J connectivity index is 1.60. The van der Waals surface area contributed by atoms with Gasteiger partial charge in [-0.25, -0.2) is 9.51 Å². The molecule has 0 saturated heterocycles. The summed E-state index contributed by atoms with van der Waals surface area (Å²) in [5.74, 6) is 0.392. The molecule has 4 aromatic rings. The molecule has 2 aromatic heterocycles. The molecule has 36 heavy (non-hydrogen) atoms. The number of aryl methyl sites for hydroxylation is 1. The number of anilines is 1. The summed E-state index contributed by atoms with van der Waals surface area (Å²) < 4.78 is 5.07. The summed E-state index contributed by atoms with van der Waals surface area (Å²) in [4.78, 5) is 5.85. The standard InChI is InChI=1S/C28H31ClN6S/c1-18-14-21(36-31-2)12-13-22(18)19-15-26-27(33-20-8-4-3-5-9-20)23(16-32-35(26)17-19)28(30)34-25-11-7-6-10-24(25)29/h6-7,10-17,20,31,33H,3-5,8-9H2,1-2H3,(H2,30,34). The van der Waals surface area contributed by atoms with E-state index in [2.05, 4.69) is 52.4 Å². The maximum absolute atomic E-state index is 6.57. The van der Waals surface area contributed by atoms with Gasteiger partial charge < -0.3 is 11.1 Å². The topological polar surface area (TPSA) is 79.7 Å². The second-order valence-corrected chi connectivity index (χ2v) is 10.7. The number of para-hydroxylation sites is 1. The zero-order chi connectivity index (χ0) is 25.1. The molecule has 0 amide bonds. The number of nitrogens with two attached hydrogens (primary N) is 1. The predicted octanol–water partition coefficient (Wildman–Crippen LogP) is 6.97. The molecule has 0 spiro atoms. The Hall–Kier alpha value is -3.00. The highest BCUT2D eigenvalue weighted by Gasteiger charge is 2.20. The average molecular weight is 519 g/mol. The van der Waals surface area contributed by atoms with E-state index in [-0.39, 0.29) is 0 Å². The predicted molar refractivity (Wildman–Crippen MR) is 153 cm³/mol. The van der Waals surface area contributed by atoms with E-state index in [1.807, 2.05) is 35.8 Å². The number of rotatable bonds is 7. The summed E-state index contributed by atoms with van der Waals surface area (Å²) in [5.41, 5.74) is 13.5. The number of halogens is 1. The lowest BCUT2D eigenvalue weighted by molar-refractivity contribution is 0.463. The Morgan fingerprint density at radius 3 is 2.69 bits per heavy atom. The molecule has 5 rings (SSSR count). The summed E-state index contributed by atoms with van der Waals surface area (Å²) >= 11 is 7.97. The van der Waals surface area contributed by atoms with Gasteiger partial charge in [-0.3, -0.25) is 4.72 Å². The van der Waals surface area contributed by atoms with Gasteiger partial charge in [-0.15, -0.1) is 0 Å². The lowest BCUT2D eigenvalue weighted by Gasteiger charge is -2.25. The van der Waals surface area contributed by atoms with Gasteiger partial charge in [-0.1, -0.05) is 49.1 Å². The number of nitrogens with one attached hydrogen (secondary N) is 2. The van der Waals surface area contributed by atoms with Crippen LogP contribution in [0.15, 0.2) is 70.8 Å². The van der Waals surface area contributed by atoms with Crippen molar-refractivity contribution in [2.75, 3.05) is 12.4 Å². The van der Waals surface area contributed by atoms with Crippen LogP contribution in [0.3, 0.4) is 0 Å². The largest absolute Gasteiger partial charge is 0.383 e. The normalized spacial score (nSPS) is 14.9. The molecule has 2 aromatic carbocycles. The molecule has 1 fully saturated rings. The fourth-order valence-electron chi connectivity index (χ4n) is 4.87. The van der Waals surface area contributed by atoms with Gasteiger partial charge in [0.2, 0.25) is 0 Å². The van der Waals surface area contributed by atoms with Crippen LogP contribution in [0.5, 0.6) is 0 Å². The Kier molecular flexibility index (Phi) is 7.51. The Bertz CT molecular complexity index is 1410. The van der Waals surface area contributed by atoms with E-state index in [1.165, 1.54) is 35.3 Å². The van der Waals surface area contributed by atoms with Gasteiger partial charge in [0.05, 0.1) is 33.7 Å². The van der Waals surface area contributed by atoms with Crippen LogP contribution in [0.4, 0.5) is 11.4 Å². The zero-order valence-electron chi connectivity index (χ0n) is 20.6. The summed E-state index contributed by atoms with van der Waals surface area (Å²) in [5, 5.41) is 9.09. The molecule has 0 aliphatic heterocycles. The first-order valence-corrected chi connectivity index (χ1v) is 13.5. The lowest BCUT2D eigenvalue weighted by Crippen LogP contribution is -2.25. The molecule has 6 nitrogen and oxygen atoms in total. The van der Waals surface area contributed by atoms with Crippen LogP contribution in [0.1, 0.15) is 43.2 Å². The van der Waals surface area contributed by atoms with Crippen LogP contribution in [0.2, 0.25) is 5.02 Å². The minimum absolute atomic E-state index is 0.392. The van der Waals surface area contributed by atoms with Gasteiger partial charge in [0.25, 0.3) is 0 Å². The number of aromatic nitrogens is 2. The molecule has 0 bridgehead atoms. The summed E-state index contributed by atoms with van der Waals surface area (Å²) in [6.07, 6.45) is 9.94. The fourth-order valence-corrected chi connectivity index (χ4v) is 5.66. The van der Waals surface area contributed by atoms with Crippen LogP contribution in [-0.4, -0.2) is 28.5 Å². The summed E-state index contributed by atoms with van der Waals surface area (Å²) in [7, 11) is 1.93. The number of hydrogen-bond donors (Lipinski definition) is 3. The highest BCUT2D eigenvalue weighted by molar-refractivity contribution is 7.97. The molecule has 1 aliphatic rings. The average Bonchev–Trinajstić information content (AvgIpc) is 3.31. The Morgan fingerprint density at radius 2 is 1.94 bits per heavy atom. The van der Waals surface area contributed by atoms with Gasteiger partial charge in [0.15, 0.2) is 0 Å². The van der Waals surface area contributed by atoms with E-state index in [0.29, 0.717) is 22.6 Å². The highest BCUT2D eigenvalue weighted by Crippen LogP contribution is 2.34. The summed E-state index contributed by atoms with van der Waals surface area (Å²) in [6.45, 7) is 2.14. The smallest absolute Gasteiger partial charge is 0.135 e. The van der Waals surface area contributed by atoms with Crippen molar-refractivity contribution in [3.63, 3.8) is 0 Å². The fraction of sp³-hybridized carbons (Fsp3) is 0.286. The van der Waals surface area contributed by atoms with Crippen LogP contribution in [-0.2, 0) is 0 Å². The van der Waals surface area contributed by atoms with Crippen LogP contribution >= 0.6 is 23.5 Å². The molecular formula is C28H31ClN6S. The van der Waals surface area contributed by atoms with E-state index >= 15 is 0 Å². The molecular weight excluding hydrogens is 488 g/mol. The number of amidine groups is 1. The highest BCUT2D eigenvalue weighted by atomic mass is 35.5. The van der Waals surface area contributed by atoms with Crippen molar-refractivity contribution in [2.45, 2.75) is 50.0 Å². The van der Waals surface area contributed by atoms with Gasteiger partial charge in [-0.2, -0.15) is 5.10 Å². The van der Waals surface area contributed by atoms with E-state index in [4.69, 9.17) is 22.4 Å². The van der Waals surface area contributed by atoms with Crippen molar-refractivity contribution in [1.29, 1.82) is 0 Å². The molecule has 1 saturated carbocycles. The zero-order valence-corrected chi connectivity index (χ0v) is 22.2. The molecule has 8 heteroatoms. The van der Waals surface area contributed by atoms with Crippen LogP contribution in [0.25, 0.3) is 16.6 Å². The number of benzene rings is 2. The third kappa shape index (κ3) is 5.24. The molecule has 2 heterocycles. The molecule has 0 atom stereocenters. The van der Waals surface area contributed by atoms with E-state index in [1.54, 1.807) is 18.1 Å². The SMILES string of the molecule is CNSc1ccc(-c2cc3c(NC4CCCCC4)c(C(N)=Nc4ccccc4Cl)cnn3c2)c(C)c1. The van der Waals surface area contributed by atoms with E-state index in [9.17, 15) is 0 Å². The number of aliphatic imine (C=N–C) groups is 1. The summed E-state index contributed by atoms with van der Waals surface area (Å²) in [6, 6.07) is 16.6. The lowest BCUT2D eigenvalue weighted by atomic mass is 9.95. The van der Waals surface area contributed by atoms with Gasteiger partial charge in [0.1, 0.15) is 5.84 Å². The number of nitrogens with zero attached hydrogens (tertiary/aromatic N) is 3. The van der Waals surface area contributed by atoms with Crippen molar-refractivity contribution in [3.05, 3.63) is 77.1 Å². The number of fused-ring (bicyclic) bond motifs is 1. The van der Waals surface area contributed by atoms with Crippen molar-refractivity contribution in [2.24, 2.45) is 10.7 Å². The second-order valence-electron chi connectivity index (χ2n) is 9.20. The van der Waals surface area contributed by atoms with Crippen molar-refractivity contribution < 1.29 is 0 Å². The molecule has 4 N–H and O–H groups in total. The Morgan fingerprint density at radius 1 is 1.14 bits per heavy atom. The van der Waals surface area contributed by atoms with Crippen molar-refractivity contribution in [1.82, 2.24) is 14.3 Å². The monoisotopic (exact) mass is 518 g/mol. The third-order valence-electron chi connectivity index (χ3n) is 6.69. The minimum Gasteiger partial charge on any atom is -0.383 e. The molecule has 186 valence electrons. The van der Waals surface area contributed by atoms with Crippen molar-refractivity contribution in [3.8, 4) is 11.1 Å². The van der Waals surface area contributed by atoms with Gasteiger partial charge in [-0.05, 0) is 80.2 Å². The Labute approximate surface area is 221 Å². The molecule has 1 aliphatic carbocycles. The maximum Gasteiger partial charge on any atom is 0.135 e. The first-order chi connectivity index (χ1) is 17.5. The number of hydrogen-bond acceptors (Lipinski definition) is 5. The molecule has 0 radical (unpaired) electrons. The molecule has 0 unspecified atom stereocenters. The van der Waals surface area contributed by atoms with Crippen LogP contribution in [0, 0.1) is 6.92 Å². The maximum atomic E-state index is 6.57. The van der Waals surface area contributed by atoms with Crippen LogP contribution < -0.4 is 15.8 Å². The minimum atomic E-state index is 0.392.